The molecule has 0 aliphatic carbocycles. The molecular formula is C17H35O3S. The lowest BCUT2D eigenvalue weighted by Crippen LogP contribution is -2.10. The summed E-state index contributed by atoms with van der Waals surface area (Å²) >= 11 is 0. The molecule has 0 amide bonds. The quantitative estimate of drug-likeness (QED) is 0.301. The van der Waals surface area contributed by atoms with E-state index >= 15 is 0 Å². The molecular weight excluding hydrogens is 284 g/mol. The van der Waals surface area contributed by atoms with Gasteiger partial charge in [-0.1, -0.05) is 90.9 Å². The first-order chi connectivity index (χ1) is 10.0. The molecule has 0 aliphatic rings. The zero-order chi connectivity index (χ0) is 16.0. The van der Waals surface area contributed by atoms with Crippen molar-refractivity contribution in [2.45, 2.75) is 104 Å². The number of hydrogen-bond donors (Lipinski definition) is 1. The van der Waals surface area contributed by atoms with Crippen molar-refractivity contribution in [3.63, 3.8) is 0 Å². The molecule has 0 aromatic heterocycles. The van der Waals surface area contributed by atoms with E-state index < -0.39 is 10.1 Å². The van der Waals surface area contributed by atoms with Crippen LogP contribution in [0.3, 0.4) is 0 Å². The SMILES string of the molecule is CCCCCCCCCCCCCC[C](CC)S(=O)(=O)O. The molecule has 0 rings (SSSR count). The third kappa shape index (κ3) is 13.3. The predicted octanol–water partition coefficient (Wildman–Crippen LogP) is 5.91. The summed E-state index contributed by atoms with van der Waals surface area (Å²) in [6.45, 7) is 4.03. The van der Waals surface area contributed by atoms with E-state index in [0.29, 0.717) is 12.8 Å². The van der Waals surface area contributed by atoms with Crippen LogP contribution < -0.4 is 0 Å². The monoisotopic (exact) mass is 319 g/mol. The van der Waals surface area contributed by atoms with Gasteiger partial charge in [-0.15, -0.1) is 0 Å². The molecule has 0 saturated carbocycles. The third-order valence-corrected chi connectivity index (χ3v) is 5.29. The lowest BCUT2D eigenvalue weighted by Gasteiger charge is -2.09. The van der Waals surface area contributed by atoms with E-state index in [2.05, 4.69) is 6.92 Å². The molecule has 1 radical (unpaired) electrons. The van der Waals surface area contributed by atoms with Crippen LogP contribution in [0.15, 0.2) is 0 Å². The summed E-state index contributed by atoms with van der Waals surface area (Å²) in [6.07, 6.45) is 16.2. The maximum Gasteiger partial charge on any atom is 0.272 e. The molecule has 1 N–H and O–H groups in total. The molecule has 4 heteroatoms. The largest absolute Gasteiger partial charge is 0.285 e. The first kappa shape index (κ1) is 20.9. The summed E-state index contributed by atoms with van der Waals surface area (Å²) in [7, 11) is -3.91. The minimum atomic E-state index is -3.91. The van der Waals surface area contributed by atoms with Gasteiger partial charge in [-0.05, 0) is 12.8 Å². The summed E-state index contributed by atoms with van der Waals surface area (Å²) in [6, 6.07) is 0. The van der Waals surface area contributed by atoms with Gasteiger partial charge in [0.2, 0.25) is 0 Å². The van der Waals surface area contributed by atoms with E-state index in [4.69, 9.17) is 4.55 Å². The summed E-state index contributed by atoms with van der Waals surface area (Å²) < 4.78 is 31.0. The molecule has 0 aromatic carbocycles. The fourth-order valence-electron chi connectivity index (χ4n) is 2.65. The van der Waals surface area contributed by atoms with Gasteiger partial charge in [0.25, 0.3) is 10.1 Å². The highest BCUT2D eigenvalue weighted by Crippen LogP contribution is 2.21. The highest BCUT2D eigenvalue weighted by molar-refractivity contribution is 7.88. The van der Waals surface area contributed by atoms with Crippen molar-refractivity contribution in [2.75, 3.05) is 0 Å². The molecule has 0 saturated heterocycles. The molecule has 0 aromatic rings. The second kappa shape index (κ2) is 13.6. The Kier molecular flexibility index (Phi) is 13.5. The molecule has 127 valence electrons. The average Bonchev–Trinajstić information content (AvgIpc) is 2.42. The van der Waals surface area contributed by atoms with Gasteiger partial charge in [0.05, 0.1) is 0 Å². The predicted molar refractivity (Wildman–Crippen MR) is 90.8 cm³/mol. The van der Waals surface area contributed by atoms with Crippen LogP contribution in [0.2, 0.25) is 0 Å². The standard InChI is InChI=1S/C17H35O3S/c1-3-5-6-7-8-9-10-11-12-13-14-15-16-17(4-2)21(18,19)20/h3-16H2,1-2H3,(H,18,19,20). The Bertz CT molecular complexity index is 312. The topological polar surface area (TPSA) is 54.4 Å². The van der Waals surface area contributed by atoms with E-state index in [1.807, 2.05) is 0 Å². The van der Waals surface area contributed by atoms with Crippen LogP contribution in [0.5, 0.6) is 0 Å². The lowest BCUT2D eigenvalue weighted by atomic mass is 10.0. The van der Waals surface area contributed by atoms with E-state index in [9.17, 15) is 8.42 Å². The Morgan fingerprint density at radius 2 is 1.10 bits per heavy atom. The summed E-state index contributed by atoms with van der Waals surface area (Å²) in [4.78, 5) is 0. The Hall–Kier alpha value is -0.0900. The number of unbranched alkanes of at least 4 members (excludes halogenated alkanes) is 11. The molecule has 0 atom stereocenters. The molecule has 0 aliphatic heterocycles. The summed E-state index contributed by atoms with van der Waals surface area (Å²) in [5, 5.41) is 0.287. The van der Waals surface area contributed by atoms with Crippen LogP contribution in [-0.4, -0.2) is 13.0 Å². The van der Waals surface area contributed by atoms with Gasteiger partial charge in [-0.2, -0.15) is 8.42 Å². The summed E-state index contributed by atoms with van der Waals surface area (Å²) in [5.41, 5.74) is 0. The van der Waals surface area contributed by atoms with Crippen molar-refractivity contribution in [1.29, 1.82) is 0 Å². The first-order valence-corrected chi connectivity index (χ1v) is 10.3. The van der Waals surface area contributed by atoms with E-state index in [1.165, 1.54) is 64.2 Å². The molecule has 0 heterocycles. The van der Waals surface area contributed by atoms with Crippen molar-refractivity contribution < 1.29 is 13.0 Å². The Balaban J connectivity index is 3.29. The van der Waals surface area contributed by atoms with Crippen LogP contribution in [0.4, 0.5) is 0 Å². The van der Waals surface area contributed by atoms with Crippen molar-refractivity contribution in [2.24, 2.45) is 0 Å². The maximum absolute atomic E-state index is 11.0. The van der Waals surface area contributed by atoms with Gasteiger partial charge < -0.3 is 0 Å². The van der Waals surface area contributed by atoms with E-state index in [0.717, 1.165) is 12.8 Å². The van der Waals surface area contributed by atoms with Gasteiger partial charge >= 0.3 is 0 Å². The van der Waals surface area contributed by atoms with Crippen LogP contribution >= 0.6 is 0 Å². The Labute approximate surface area is 132 Å². The van der Waals surface area contributed by atoms with Crippen LogP contribution in [-0.2, 0) is 10.1 Å². The highest BCUT2D eigenvalue weighted by Gasteiger charge is 2.20. The van der Waals surface area contributed by atoms with Gasteiger partial charge in [0.15, 0.2) is 0 Å². The minimum Gasteiger partial charge on any atom is -0.285 e. The van der Waals surface area contributed by atoms with E-state index in [1.54, 1.807) is 6.92 Å². The van der Waals surface area contributed by atoms with Crippen LogP contribution in [0, 0.1) is 5.25 Å². The zero-order valence-electron chi connectivity index (χ0n) is 14.1. The summed E-state index contributed by atoms with van der Waals surface area (Å²) in [5.74, 6) is 0. The second-order valence-electron chi connectivity index (χ2n) is 6.01. The second-order valence-corrected chi connectivity index (χ2v) is 7.53. The van der Waals surface area contributed by atoms with Gasteiger partial charge in [-0.25, -0.2) is 0 Å². The minimum absolute atomic E-state index is 0.287. The zero-order valence-corrected chi connectivity index (χ0v) is 14.9. The van der Waals surface area contributed by atoms with Crippen LogP contribution in [0.1, 0.15) is 104 Å². The normalized spacial score (nSPS) is 12.2. The van der Waals surface area contributed by atoms with Gasteiger partial charge in [-0.3, -0.25) is 4.55 Å². The molecule has 21 heavy (non-hydrogen) atoms. The molecule has 0 spiro atoms. The highest BCUT2D eigenvalue weighted by atomic mass is 32.2. The average molecular weight is 320 g/mol. The van der Waals surface area contributed by atoms with Crippen molar-refractivity contribution >= 4 is 10.1 Å². The molecule has 3 nitrogen and oxygen atoms in total. The van der Waals surface area contributed by atoms with Crippen molar-refractivity contribution in [1.82, 2.24) is 0 Å². The van der Waals surface area contributed by atoms with Gasteiger partial charge in [0.1, 0.15) is 5.25 Å². The molecule has 0 bridgehead atoms. The fraction of sp³-hybridized carbons (Fsp3) is 0.941. The van der Waals surface area contributed by atoms with E-state index in [-0.39, 0.29) is 5.25 Å². The lowest BCUT2D eigenvalue weighted by molar-refractivity contribution is 0.474. The Morgan fingerprint density at radius 3 is 1.43 bits per heavy atom. The molecule has 0 unspecified atom stereocenters. The smallest absolute Gasteiger partial charge is 0.272 e. The van der Waals surface area contributed by atoms with Crippen molar-refractivity contribution in [3.8, 4) is 0 Å². The maximum atomic E-state index is 11.0. The molecule has 0 fully saturated rings. The Morgan fingerprint density at radius 1 is 0.714 bits per heavy atom. The first-order valence-electron chi connectivity index (χ1n) is 8.84. The van der Waals surface area contributed by atoms with Crippen molar-refractivity contribution in [3.05, 3.63) is 5.25 Å². The van der Waals surface area contributed by atoms with Crippen LogP contribution in [0.25, 0.3) is 0 Å². The fourth-order valence-corrected chi connectivity index (χ4v) is 3.42. The van der Waals surface area contributed by atoms with Gasteiger partial charge in [0, 0.05) is 0 Å². The number of hydrogen-bond acceptors (Lipinski definition) is 2. The number of rotatable bonds is 15. The third-order valence-electron chi connectivity index (χ3n) is 4.07.